The minimum Gasteiger partial charge on any atom is -0.0654 e. The predicted octanol–water partition coefficient (Wildman–Crippen LogP) is 8.17. The molecule has 2 unspecified atom stereocenters. The molecule has 1 saturated carbocycles. The van der Waals surface area contributed by atoms with Gasteiger partial charge < -0.3 is 0 Å². The highest BCUT2D eigenvalue weighted by atomic mass is 14.6. The van der Waals surface area contributed by atoms with Crippen LogP contribution < -0.4 is 0 Å². The van der Waals surface area contributed by atoms with Gasteiger partial charge in [-0.25, -0.2) is 0 Å². The van der Waals surface area contributed by atoms with Crippen LogP contribution in [0.1, 0.15) is 118 Å². The number of hydrogen-bond acceptors (Lipinski definition) is 0. The van der Waals surface area contributed by atoms with Crippen molar-refractivity contribution >= 4 is 0 Å². The fourth-order valence-electron chi connectivity index (χ4n) is 4.48. The van der Waals surface area contributed by atoms with Crippen LogP contribution in [0.4, 0.5) is 0 Å². The third-order valence-electron chi connectivity index (χ3n) is 6.87. The lowest BCUT2D eigenvalue weighted by atomic mass is 9.76. The summed E-state index contributed by atoms with van der Waals surface area (Å²) < 4.78 is 0. The summed E-state index contributed by atoms with van der Waals surface area (Å²) in [6, 6.07) is 7.60. The first kappa shape index (κ1) is 21.5. The summed E-state index contributed by atoms with van der Waals surface area (Å²) in [5.41, 5.74) is 5.57. The van der Waals surface area contributed by atoms with Gasteiger partial charge in [-0.2, -0.15) is 0 Å². The van der Waals surface area contributed by atoms with Gasteiger partial charge in [0, 0.05) is 0 Å². The van der Waals surface area contributed by atoms with Crippen LogP contribution in [0.5, 0.6) is 0 Å². The molecule has 0 aromatic heterocycles. The molecule has 1 aliphatic rings. The topological polar surface area (TPSA) is 0 Å². The van der Waals surface area contributed by atoms with Crippen LogP contribution in [0.3, 0.4) is 0 Å². The molecule has 1 fully saturated rings. The molecule has 0 spiro atoms. The van der Waals surface area contributed by atoms with Crippen LogP contribution in [0.25, 0.3) is 0 Å². The molecule has 148 valence electrons. The molecule has 1 aromatic rings. The maximum atomic E-state index is 2.56. The van der Waals surface area contributed by atoms with Crippen molar-refractivity contribution in [2.24, 2.45) is 11.8 Å². The number of benzene rings is 1. The lowest BCUT2D eigenvalue weighted by molar-refractivity contribution is 0.441. The van der Waals surface area contributed by atoms with E-state index in [1.54, 1.807) is 5.56 Å². The standard InChI is InChI=1S/C26H44/c1-10-14-26(18-20(26)13-12-19(3)11-2)23-16-21(24(4,5)6)15-22(17-23)25(7,8)9/h15-17,19-20H,10-14,18H2,1-9H3/t19-,20?,26?/m1/s1. The summed E-state index contributed by atoms with van der Waals surface area (Å²) in [6.07, 6.45) is 8.20. The van der Waals surface area contributed by atoms with E-state index in [1.807, 2.05) is 0 Å². The molecule has 0 N–H and O–H groups in total. The van der Waals surface area contributed by atoms with E-state index < -0.39 is 0 Å². The van der Waals surface area contributed by atoms with Gasteiger partial charge in [0.05, 0.1) is 0 Å². The summed E-state index contributed by atoms with van der Waals surface area (Å²) in [7, 11) is 0. The van der Waals surface area contributed by atoms with Crippen molar-refractivity contribution in [3.63, 3.8) is 0 Å². The van der Waals surface area contributed by atoms with Crippen LogP contribution in [0.2, 0.25) is 0 Å². The third-order valence-corrected chi connectivity index (χ3v) is 6.87. The van der Waals surface area contributed by atoms with E-state index in [9.17, 15) is 0 Å². The van der Waals surface area contributed by atoms with E-state index in [-0.39, 0.29) is 10.8 Å². The lowest BCUT2D eigenvalue weighted by Gasteiger charge is -2.29. The first-order valence-electron chi connectivity index (χ1n) is 11.1. The summed E-state index contributed by atoms with van der Waals surface area (Å²) in [5.74, 6) is 1.78. The first-order chi connectivity index (χ1) is 11.9. The molecule has 0 nitrogen and oxygen atoms in total. The Kier molecular flexibility index (Phi) is 6.36. The van der Waals surface area contributed by atoms with E-state index in [0.717, 1.165) is 11.8 Å². The highest BCUT2D eigenvalue weighted by Crippen LogP contribution is 2.60. The van der Waals surface area contributed by atoms with E-state index in [4.69, 9.17) is 0 Å². The number of rotatable bonds is 7. The Morgan fingerprint density at radius 3 is 1.92 bits per heavy atom. The highest BCUT2D eigenvalue weighted by Gasteiger charge is 2.53. The van der Waals surface area contributed by atoms with E-state index in [1.165, 1.54) is 49.7 Å². The Bertz CT molecular complexity index is 563. The van der Waals surface area contributed by atoms with Crippen LogP contribution in [0, 0.1) is 11.8 Å². The van der Waals surface area contributed by atoms with Crippen molar-refractivity contribution in [3.8, 4) is 0 Å². The van der Waals surface area contributed by atoms with E-state index >= 15 is 0 Å². The third kappa shape index (κ3) is 4.73. The van der Waals surface area contributed by atoms with Crippen LogP contribution in [-0.4, -0.2) is 0 Å². The predicted molar refractivity (Wildman–Crippen MR) is 117 cm³/mol. The maximum Gasteiger partial charge on any atom is -0.00154 e. The van der Waals surface area contributed by atoms with Crippen molar-refractivity contribution in [2.75, 3.05) is 0 Å². The van der Waals surface area contributed by atoms with Gasteiger partial charge in [-0.05, 0) is 64.0 Å². The molecule has 2 rings (SSSR count). The Balaban J connectivity index is 2.40. The molecule has 0 heterocycles. The minimum atomic E-state index is 0.213. The average Bonchev–Trinajstić information content (AvgIpc) is 3.25. The van der Waals surface area contributed by atoms with Gasteiger partial charge in [-0.1, -0.05) is 99.8 Å². The molecule has 0 saturated heterocycles. The minimum absolute atomic E-state index is 0.213. The summed E-state index contributed by atoms with van der Waals surface area (Å²) in [4.78, 5) is 0. The normalized spacial score (nSPS) is 24.6. The SMILES string of the molecule is CCCC1(c2cc(C(C)(C)C)cc(C(C)(C)C)c2)CC1CC[C@H](C)CC. The highest BCUT2D eigenvalue weighted by molar-refractivity contribution is 5.44. The fraction of sp³-hybridized carbons (Fsp3) is 0.769. The first-order valence-corrected chi connectivity index (χ1v) is 11.1. The zero-order valence-electron chi connectivity index (χ0n) is 19.1. The molecular formula is C26H44. The van der Waals surface area contributed by atoms with Crippen molar-refractivity contribution < 1.29 is 0 Å². The summed E-state index contributed by atoms with van der Waals surface area (Å²) >= 11 is 0. The molecule has 26 heavy (non-hydrogen) atoms. The zero-order chi connectivity index (χ0) is 19.8. The van der Waals surface area contributed by atoms with Crippen molar-refractivity contribution in [3.05, 3.63) is 34.9 Å². The Hall–Kier alpha value is -0.780. The largest absolute Gasteiger partial charge is 0.0654 e. The lowest BCUT2D eigenvalue weighted by Crippen LogP contribution is -2.20. The summed E-state index contributed by atoms with van der Waals surface area (Å²) in [5, 5.41) is 0. The average molecular weight is 357 g/mol. The van der Waals surface area contributed by atoms with Gasteiger partial charge in [0.15, 0.2) is 0 Å². The Morgan fingerprint density at radius 1 is 0.962 bits per heavy atom. The van der Waals surface area contributed by atoms with Gasteiger partial charge in [0.25, 0.3) is 0 Å². The van der Waals surface area contributed by atoms with Gasteiger partial charge in [0.2, 0.25) is 0 Å². The number of hydrogen-bond donors (Lipinski definition) is 0. The molecule has 3 atom stereocenters. The van der Waals surface area contributed by atoms with Crippen molar-refractivity contribution in [1.82, 2.24) is 0 Å². The second-order valence-corrected chi connectivity index (χ2v) is 11.2. The Morgan fingerprint density at radius 2 is 1.50 bits per heavy atom. The van der Waals surface area contributed by atoms with Crippen molar-refractivity contribution in [1.29, 1.82) is 0 Å². The van der Waals surface area contributed by atoms with Crippen molar-refractivity contribution in [2.45, 2.75) is 117 Å². The Labute approximate surface area is 164 Å². The second kappa shape index (κ2) is 7.69. The van der Waals surface area contributed by atoms with Gasteiger partial charge in [-0.3, -0.25) is 0 Å². The van der Waals surface area contributed by atoms with E-state index in [0.29, 0.717) is 5.41 Å². The van der Waals surface area contributed by atoms with Gasteiger partial charge in [-0.15, -0.1) is 0 Å². The van der Waals surface area contributed by atoms with Gasteiger partial charge >= 0.3 is 0 Å². The molecule has 0 aliphatic heterocycles. The van der Waals surface area contributed by atoms with Gasteiger partial charge in [0.1, 0.15) is 0 Å². The fourth-order valence-corrected chi connectivity index (χ4v) is 4.48. The molecule has 0 bridgehead atoms. The zero-order valence-corrected chi connectivity index (χ0v) is 19.1. The molecule has 0 radical (unpaired) electrons. The van der Waals surface area contributed by atoms with Crippen LogP contribution in [0.15, 0.2) is 18.2 Å². The molecule has 1 aromatic carbocycles. The quantitative estimate of drug-likeness (QED) is 0.462. The molecular weight excluding hydrogens is 312 g/mol. The molecule has 1 aliphatic carbocycles. The maximum absolute atomic E-state index is 2.56. The van der Waals surface area contributed by atoms with Crippen LogP contribution in [-0.2, 0) is 16.2 Å². The molecule has 0 heteroatoms. The second-order valence-electron chi connectivity index (χ2n) is 11.2. The summed E-state index contributed by atoms with van der Waals surface area (Å²) in [6.45, 7) is 21.3. The smallest absolute Gasteiger partial charge is 0.00154 e. The monoisotopic (exact) mass is 356 g/mol. The molecule has 0 amide bonds. The van der Waals surface area contributed by atoms with Crippen LogP contribution >= 0.6 is 0 Å². The van der Waals surface area contributed by atoms with E-state index in [2.05, 4.69) is 80.5 Å².